The van der Waals surface area contributed by atoms with Crippen molar-refractivity contribution in [2.45, 2.75) is 44.6 Å². The Balaban J connectivity index is 1.46. The standard InChI is InChI=1S/C18H19ClN4OS/c1-12-21-22-18(23(12)17-10-9-15(19)25-17)13-5-7-14(8-6-13)24-16-4-2-3-11-20-16/h2-4,9-11,13-14H,5-8H2,1H3/t13-,14-. The van der Waals surface area contributed by atoms with Gasteiger partial charge < -0.3 is 4.74 Å². The van der Waals surface area contributed by atoms with E-state index in [9.17, 15) is 0 Å². The Labute approximate surface area is 155 Å². The van der Waals surface area contributed by atoms with Gasteiger partial charge in [0.25, 0.3) is 0 Å². The highest BCUT2D eigenvalue weighted by Gasteiger charge is 2.28. The van der Waals surface area contributed by atoms with Crippen LogP contribution in [0.25, 0.3) is 5.00 Å². The first-order valence-corrected chi connectivity index (χ1v) is 9.65. The van der Waals surface area contributed by atoms with E-state index in [1.807, 2.05) is 37.3 Å². The smallest absolute Gasteiger partial charge is 0.213 e. The zero-order valence-corrected chi connectivity index (χ0v) is 15.5. The number of halogens is 1. The molecule has 0 atom stereocenters. The lowest BCUT2D eigenvalue weighted by Gasteiger charge is -2.28. The van der Waals surface area contributed by atoms with Gasteiger partial charge in [0.2, 0.25) is 5.88 Å². The normalized spacial score (nSPS) is 20.6. The molecule has 0 spiro atoms. The second-order valence-electron chi connectivity index (χ2n) is 6.28. The van der Waals surface area contributed by atoms with Crippen molar-refractivity contribution < 1.29 is 4.74 Å². The number of hydrogen-bond acceptors (Lipinski definition) is 5. The zero-order chi connectivity index (χ0) is 17.2. The van der Waals surface area contributed by atoms with Crippen LogP contribution in [-0.4, -0.2) is 25.9 Å². The van der Waals surface area contributed by atoms with Crippen LogP contribution >= 0.6 is 22.9 Å². The number of hydrogen-bond donors (Lipinski definition) is 0. The fourth-order valence-electron chi connectivity index (χ4n) is 3.37. The summed E-state index contributed by atoms with van der Waals surface area (Å²) in [5.41, 5.74) is 0. The van der Waals surface area contributed by atoms with E-state index in [-0.39, 0.29) is 6.10 Å². The van der Waals surface area contributed by atoms with Crippen molar-refractivity contribution in [1.82, 2.24) is 19.7 Å². The molecule has 0 bridgehead atoms. The second kappa shape index (κ2) is 7.14. The summed E-state index contributed by atoms with van der Waals surface area (Å²) < 4.78 is 8.91. The molecule has 0 unspecified atom stereocenters. The minimum Gasteiger partial charge on any atom is -0.474 e. The van der Waals surface area contributed by atoms with Crippen molar-refractivity contribution in [1.29, 1.82) is 0 Å². The third-order valence-electron chi connectivity index (χ3n) is 4.59. The van der Waals surface area contributed by atoms with E-state index in [1.54, 1.807) is 17.5 Å². The highest BCUT2D eigenvalue weighted by Crippen LogP contribution is 2.36. The fraction of sp³-hybridized carbons (Fsp3) is 0.389. The van der Waals surface area contributed by atoms with Crippen LogP contribution in [0.3, 0.4) is 0 Å². The predicted octanol–water partition coefficient (Wildman–Crippen LogP) is 4.79. The van der Waals surface area contributed by atoms with Crippen molar-refractivity contribution in [3.63, 3.8) is 0 Å². The van der Waals surface area contributed by atoms with Gasteiger partial charge in [0, 0.05) is 18.2 Å². The van der Waals surface area contributed by atoms with Crippen LogP contribution in [0.15, 0.2) is 36.5 Å². The molecular weight excluding hydrogens is 356 g/mol. The maximum atomic E-state index is 6.11. The minimum absolute atomic E-state index is 0.222. The molecule has 7 heteroatoms. The van der Waals surface area contributed by atoms with Crippen molar-refractivity contribution in [2.24, 2.45) is 0 Å². The number of aryl methyl sites for hydroxylation is 1. The van der Waals surface area contributed by atoms with Gasteiger partial charge in [0.15, 0.2) is 0 Å². The highest BCUT2D eigenvalue weighted by atomic mass is 35.5. The number of nitrogens with zero attached hydrogens (tertiary/aromatic N) is 4. The SMILES string of the molecule is Cc1nnc([C@H]2CC[C@H](Oc3ccccn3)CC2)n1-c1ccc(Cl)s1. The summed E-state index contributed by atoms with van der Waals surface area (Å²) in [7, 11) is 0. The summed E-state index contributed by atoms with van der Waals surface area (Å²) in [6.45, 7) is 1.99. The average molecular weight is 375 g/mol. The van der Waals surface area contributed by atoms with Crippen molar-refractivity contribution in [3.8, 4) is 10.9 Å². The van der Waals surface area contributed by atoms with Gasteiger partial charge in [-0.25, -0.2) is 4.98 Å². The fourth-order valence-corrected chi connectivity index (χ4v) is 4.46. The van der Waals surface area contributed by atoms with E-state index >= 15 is 0 Å². The van der Waals surface area contributed by atoms with E-state index in [4.69, 9.17) is 16.3 Å². The lowest BCUT2D eigenvalue weighted by Crippen LogP contribution is -2.25. The molecule has 0 amide bonds. The number of thiophene rings is 1. The molecule has 3 heterocycles. The summed E-state index contributed by atoms with van der Waals surface area (Å²) in [6.07, 6.45) is 6.05. The van der Waals surface area contributed by atoms with E-state index < -0.39 is 0 Å². The van der Waals surface area contributed by atoms with Crippen LogP contribution in [0, 0.1) is 6.92 Å². The van der Waals surface area contributed by atoms with E-state index in [1.165, 1.54) is 0 Å². The molecule has 1 aliphatic carbocycles. The Morgan fingerprint density at radius 2 is 1.96 bits per heavy atom. The predicted molar refractivity (Wildman–Crippen MR) is 98.8 cm³/mol. The van der Waals surface area contributed by atoms with Gasteiger partial charge >= 0.3 is 0 Å². The van der Waals surface area contributed by atoms with Crippen LogP contribution in [0.2, 0.25) is 4.34 Å². The van der Waals surface area contributed by atoms with Gasteiger partial charge in [0.05, 0.1) is 4.34 Å². The molecule has 3 aromatic rings. The monoisotopic (exact) mass is 374 g/mol. The van der Waals surface area contributed by atoms with Gasteiger partial charge in [-0.1, -0.05) is 17.7 Å². The van der Waals surface area contributed by atoms with Gasteiger partial charge in [-0.05, 0) is 50.8 Å². The zero-order valence-electron chi connectivity index (χ0n) is 13.9. The van der Waals surface area contributed by atoms with E-state index in [0.29, 0.717) is 11.8 Å². The summed E-state index contributed by atoms with van der Waals surface area (Å²) in [4.78, 5) is 4.25. The molecule has 3 aromatic heterocycles. The Morgan fingerprint density at radius 3 is 2.64 bits per heavy atom. The molecule has 1 aliphatic rings. The third-order valence-corrected chi connectivity index (χ3v) is 5.81. The van der Waals surface area contributed by atoms with Crippen molar-refractivity contribution in [3.05, 3.63) is 52.5 Å². The molecule has 1 saturated carbocycles. The summed E-state index contributed by atoms with van der Waals surface area (Å²) in [6, 6.07) is 9.71. The maximum absolute atomic E-state index is 6.11. The van der Waals surface area contributed by atoms with E-state index in [0.717, 1.165) is 46.7 Å². The average Bonchev–Trinajstić information content (AvgIpc) is 3.22. The van der Waals surface area contributed by atoms with Gasteiger partial charge in [-0.15, -0.1) is 21.5 Å². The number of aromatic nitrogens is 4. The summed E-state index contributed by atoms with van der Waals surface area (Å²) >= 11 is 7.66. The van der Waals surface area contributed by atoms with Gasteiger partial charge in [-0.2, -0.15) is 0 Å². The molecule has 25 heavy (non-hydrogen) atoms. The van der Waals surface area contributed by atoms with Gasteiger partial charge in [-0.3, -0.25) is 4.57 Å². The first kappa shape index (κ1) is 16.5. The Bertz CT molecular complexity index is 840. The van der Waals surface area contributed by atoms with Crippen molar-refractivity contribution >= 4 is 22.9 Å². The number of pyridine rings is 1. The highest BCUT2D eigenvalue weighted by molar-refractivity contribution is 7.18. The van der Waals surface area contributed by atoms with E-state index in [2.05, 4.69) is 19.7 Å². The first-order valence-electron chi connectivity index (χ1n) is 8.46. The minimum atomic E-state index is 0.222. The van der Waals surface area contributed by atoms with Crippen LogP contribution < -0.4 is 4.74 Å². The molecule has 130 valence electrons. The Hall–Kier alpha value is -1.92. The largest absolute Gasteiger partial charge is 0.474 e. The number of rotatable bonds is 4. The molecule has 0 aromatic carbocycles. The second-order valence-corrected chi connectivity index (χ2v) is 7.97. The molecule has 0 aliphatic heterocycles. The Morgan fingerprint density at radius 1 is 1.12 bits per heavy atom. The number of ether oxygens (including phenoxy) is 1. The summed E-state index contributed by atoms with van der Waals surface area (Å²) in [5.74, 6) is 3.04. The quantitative estimate of drug-likeness (QED) is 0.658. The first-order chi connectivity index (χ1) is 12.2. The summed E-state index contributed by atoms with van der Waals surface area (Å²) in [5, 5.41) is 9.84. The van der Waals surface area contributed by atoms with Crippen LogP contribution in [0.1, 0.15) is 43.3 Å². The van der Waals surface area contributed by atoms with Crippen LogP contribution in [0.4, 0.5) is 0 Å². The lowest BCUT2D eigenvalue weighted by molar-refractivity contribution is 0.139. The molecule has 5 nitrogen and oxygen atoms in total. The van der Waals surface area contributed by atoms with Crippen molar-refractivity contribution in [2.75, 3.05) is 0 Å². The van der Waals surface area contributed by atoms with Crippen LogP contribution in [-0.2, 0) is 0 Å². The third kappa shape index (κ3) is 3.55. The molecule has 4 rings (SSSR count). The van der Waals surface area contributed by atoms with Crippen LogP contribution in [0.5, 0.6) is 5.88 Å². The molecule has 0 N–H and O–H groups in total. The maximum Gasteiger partial charge on any atom is 0.213 e. The lowest BCUT2D eigenvalue weighted by atomic mass is 9.86. The molecule has 1 fully saturated rings. The molecule has 0 radical (unpaired) electrons. The molecular formula is C18H19ClN4OS. The topological polar surface area (TPSA) is 52.8 Å². The molecule has 0 saturated heterocycles. The Kier molecular flexibility index (Phi) is 4.72. The van der Waals surface area contributed by atoms with Gasteiger partial charge in [0.1, 0.15) is 22.8 Å².